The van der Waals surface area contributed by atoms with Crippen molar-refractivity contribution in [1.82, 2.24) is 0 Å². The Morgan fingerprint density at radius 3 is 1.19 bits per heavy atom. The minimum atomic E-state index is -0.0764. The molecule has 0 atom stereocenters. The first-order chi connectivity index (χ1) is 7.59. The van der Waals surface area contributed by atoms with Crippen molar-refractivity contribution in [3.05, 3.63) is 57.5 Å². The second-order valence-corrected chi connectivity index (χ2v) is 4.76. The van der Waals surface area contributed by atoms with Crippen molar-refractivity contribution in [2.24, 2.45) is 0 Å². The van der Waals surface area contributed by atoms with E-state index < -0.39 is 0 Å². The number of phenols is 2. The molecule has 0 aromatic heterocycles. The summed E-state index contributed by atoms with van der Waals surface area (Å²) in [5.74, 6) is -0.153. The highest BCUT2D eigenvalue weighted by Crippen LogP contribution is 2.21. The number of rotatable bonds is 0. The van der Waals surface area contributed by atoms with Gasteiger partial charge < -0.3 is 10.2 Å². The smallest absolute Gasteiger partial charge is 0.157 e. The maximum Gasteiger partial charge on any atom is 0.157 e. The molecule has 0 spiro atoms. The minimum absolute atomic E-state index is 0.0764. The van der Waals surface area contributed by atoms with Crippen LogP contribution >= 0.6 is 31.9 Å². The topological polar surface area (TPSA) is 40.5 Å². The summed E-state index contributed by atoms with van der Waals surface area (Å²) in [6, 6.07) is 14.1. The molecule has 2 aromatic rings. The summed E-state index contributed by atoms with van der Waals surface area (Å²) < 4.78 is 2.22. The Hall–Kier alpha value is -1.00. The van der Waals surface area contributed by atoms with E-state index in [4.69, 9.17) is 10.2 Å². The maximum atomic E-state index is 8.67. The Kier molecular flexibility index (Phi) is 5.35. The van der Waals surface area contributed by atoms with E-state index in [0.717, 1.165) is 8.95 Å². The standard InChI is InChI=1S/C6H4Br2.C6H6O2/c7-5-1-2-6(8)4-3-5;7-5-3-1-2-4-6(5)8/h1-4H;1-4,7-8H. The van der Waals surface area contributed by atoms with Gasteiger partial charge in [-0.3, -0.25) is 0 Å². The van der Waals surface area contributed by atoms with E-state index in [9.17, 15) is 0 Å². The van der Waals surface area contributed by atoms with E-state index in [-0.39, 0.29) is 11.5 Å². The van der Waals surface area contributed by atoms with Crippen LogP contribution in [-0.4, -0.2) is 10.2 Å². The van der Waals surface area contributed by atoms with Crippen LogP contribution in [0.25, 0.3) is 0 Å². The van der Waals surface area contributed by atoms with Crippen LogP contribution in [0, 0.1) is 0 Å². The lowest BCUT2D eigenvalue weighted by atomic mass is 10.3. The summed E-state index contributed by atoms with van der Waals surface area (Å²) in [5, 5.41) is 17.3. The number of para-hydroxylation sites is 2. The van der Waals surface area contributed by atoms with Crippen LogP contribution in [0.1, 0.15) is 0 Å². The van der Waals surface area contributed by atoms with Gasteiger partial charge in [-0.15, -0.1) is 0 Å². The van der Waals surface area contributed by atoms with Gasteiger partial charge in [0.1, 0.15) is 0 Å². The van der Waals surface area contributed by atoms with Gasteiger partial charge >= 0.3 is 0 Å². The second-order valence-electron chi connectivity index (χ2n) is 2.93. The molecule has 2 aromatic carbocycles. The van der Waals surface area contributed by atoms with Crippen LogP contribution < -0.4 is 0 Å². The van der Waals surface area contributed by atoms with E-state index in [0.29, 0.717) is 0 Å². The molecule has 0 saturated carbocycles. The molecule has 4 heteroatoms. The molecule has 0 radical (unpaired) electrons. The third-order valence-electron chi connectivity index (χ3n) is 1.69. The molecule has 2 rings (SSSR count). The lowest BCUT2D eigenvalue weighted by molar-refractivity contribution is 0.404. The largest absolute Gasteiger partial charge is 0.504 e. The lowest BCUT2D eigenvalue weighted by Gasteiger charge is -1.91. The van der Waals surface area contributed by atoms with Gasteiger partial charge in [-0.2, -0.15) is 0 Å². The third-order valence-corrected chi connectivity index (χ3v) is 2.74. The van der Waals surface area contributed by atoms with E-state index in [1.807, 2.05) is 24.3 Å². The van der Waals surface area contributed by atoms with Crippen LogP contribution in [0.15, 0.2) is 57.5 Å². The Balaban J connectivity index is 0.000000160. The summed E-state index contributed by atoms with van der Waals surface area (Å²) in [7, 11) is 0. The van der Waals surface area contributed by atoms with Gasteiger partial charge in [-0.05, 0) is 36.4 Å². The van der Waals surface area contributed by atoms with Crippen LogP contribution in [0.2, 0.25) is 0 Å². The lowest BCUT2D eigenvalue weighted by Crippen LogP contribution is -1.63. The van der Waals surface area contributed by atoms with Crippen LogP contribution in [0.3, 0.4) is 0 Å². The van der Waals surface area contributed by atoms with E-state index in [1.54, 1.807) is 12.1 Å². The van der Waals surface area contributed by atoms with Crippen molar-refractivity contribution in [1.29, 1.82) is 0 Å². The first-order valence-corrected chi connectivity index (χ1v) is 6.06. The molecule has 0 saturated heterocycles. The maximum absolute atomic E-state index is 8.67. The zero-order valence-electron chi connectivity index (χ0n) is 8.27. The highest BCUT2D eigenvalue weighted by atomic mass is 79.9. The van der Waals surface area contributed by atoms with Crippen LogP contribution in [0.4, 0.5) is 0 Å². The summed E-state index contributed by atoms with van der Waals surface area (Å²) in [4.78, 5) is 0. The van der Waals surface area contributed by atoms with E-state index in [2.05, 4.69) is 31.9 Å². The number of benzene rings is 2. The van der Waals surface area contributed by atoms with Crippen molar-refractivity contribution in [2.45, 2.75) is 0 Å². The molecule has 2 nitrogen and oxygen atoms in total. The van der Waals surface area contributed by atoms with Crippen LogP contribution in [0.5, 0.6) is 11.5 Å². The minimum Gasteiger partial charge on any atom is -0.504 e. The Labute approximate surface area is 111 Å². The molecule has 0 bridgehead atoms. The van der Waals surface area contributed by atoms with E-state index >= 15 is 0 Å². The third kappa shape index (κ3) is 4.68. The zero-order valence-corrected chi connectivity index (χ0v) is 11.4. The summed E-state index contributed by atoms with van der Waals surface area (Å²) in [6.07, 6.45) is 0. The molecule has 16 heavy (non-hydrogen) atoms. The average molecular weight is 346 g/mol. The first kappa shape index (κ1) is 13.1. The van der Waals surface area contributed by atoms with Gasteiger partial charge in [0, 0.05) is 8.95 Å². The molecule has 2 N–H and O–H groups in total. The average Bonchev–Trinajstić information content (AvgIpc) is 2.28. The molecule has 0 heterocycles. The Morgan fingerprint density at radius 1 is 0.625 bits per heavy atom. The number of halogens is 2. The normalized spacial score (nSPS) is 9.12. The summed E-state index contributed by atoms with van der Waals surface area (Å²) in [5.41, 5.74) is 0. The predicted molar refractivity (Wildman–Crippen MR) is 71.6 cm³/mol. The molecular weight excluding hydrogens is 336 g/mol. The molecular formula is C12H10Br2O2. The van der Waals surface area contributed by atoms with Crippen molar-refractivity contribution >= 4 is 31.9 Å². The van der Waals surface area contributed by atoms with E-state index in [1.165, 1.54) is 12.1 Å². The highest BCUT2D eigenvalue weighted by Gasteiger charge is 1.90. The fraction of sp³-hybridized carbons (Fsp3) is 0. The van der Waals surface area contributed by atoms with Crippen LogP contribution in [-0.2, 0) is 0 Å². The zero-order chi connectivity index (χ0) is 12.0. The fourth-order valence-corrected chi connectivity index (χ4v) is 1.42. The number of hydrogen-bond acceptors (Lipinski definition) is 2. The first-order valence-electron chi connectivity index (χ1n) is 4.47. The predicted octanol–water partition coefficient (Wildman–Crippen LogP) is 4.31. The Morgan fingerprint density at radius 2 is 0.938 bits per heavy atom. The van der Waals surface area contributed by atoms with Gasteiger partial charge in [-0.1, -0.05) is 44.0 Å². The summed E-state index contributed by atoms with van der Waals surface area (Å²) >= 11 is 6.65. The Bertz CT molecular complexity index is 399. The number of phenolic OH excluding ortho intramolecular Hbond substituents is 2. The van der Waals surface area contributed by atoms with Gasteiger partial charge in [0.2, 0.25) is 0 Å². The quantitative estimate of drug-likeness (QED) is 0.698. The number of hydrogen-bond donors (Lipinski definition) is 2. The van der Waals surface area contributed by atoms with Gasteiger partial charge in [-0.25, -0.2) is 0 Å². The fourth-order valence-electron chi connectivity index (χ4n) is 0.894. The SMILES string of the molecule is Brc1ccc(Br)cc1.Oc1ccccc1O. The molecule has 0 amide bonds. The monoisotopic (exact) mass is 344 g/mol. The second kappa shape index (κ2) is 6.55. The van der Waals surface area contributed by atoms with Crippen molar-refractivity contribution < 1.29 is 10.2 Å². The van der Waals surface area contributed by atoms with Crippen molar-refractivity contribution in [3.63, 3.8) is 0 Å². The van der Waals surface area contributed by atoms with Gasteiger partial charge in [0.25, 0.3) is 0 Å². The molecule has 84 valence electrons. The number of aromatic hydroxyl groups is 2. The molecule has 0 aliphatic carbocycles. The molecule has 0 aliphatic heterocycles. The van der Waals surface area contributed by atoms with Crippen molar-refractivity contribution in [3.8, 4) is 11.5 Å². The molecule has 0 unspecified atom stereocenters. The van der Waals surface area contributed by atoms with Gasteiger partial charge in [0.05, 0.1) is 0 Å². The highest BCUT2D eigenvalue weighted by molar-refractivity contribution is 9.11. The van der Waals surface area contributed by atoms with Gasteiger partial charge in [0.15, 0.2) is 11.5 Å². The van der Waals surface area contributed by atoms with Crippen molar-refractivity contribution in [2.75, 3.05) is 0 Å². The molecule has 0 aliphatic rings. The molecule has 0 fully saturated rings. The summed E-state index contributed by atoms with van der Waals surface area (Å²) in [6.45, 7) is 0.